The summed E-state index contributed by atoms with van der Waals surface area (Å²) in [7, 11) is 1.49. The Balaban J connectivity index is 2.28. The van der Waals surface area contributed by atoms with Crippen LogP contribution in [-0.2, 0) is 23.8 Å². The minimum absolute atomic E-state index is 0.107. The van der Waals surface area contributed by atoms with Gasteiger partial charge in [-0.05, 0) is 6.42 Å². The summed E-state index contributed by atoms with van der Waals surface area (Å²) in [6.45, 7) is 2.52. The Kier molecular flexibility index (Phi) is 15.6. The quantitative estimate of drug-likeness (QED) is 0.136. The molecule has 1 aliphatic rings. The smallest absolute Gasteiger partial charge is 0.306 e. The first-order valence-electron chi connectivity index (χ1n) is 11.9. The van der Waals surface area contributed by atoms with Crippen molar-refractivity contribution < 1.29 is 34.1 Å². The van der Waals surface area contributed by atoms with Gasteiger partial charge in [0.05, 0.1) is 13.2 Å². The van der Waals surface area contributed by atoms with Gasteiger partial charge < -0.3 is 19.3 Å². The molecule has 31 heavy (non-hydrogen) atoms. The van der Waals surface area contributed by atoms with Crippen LogP contribution in [0.5, 0.6) is 0 Å². The predicted octanol–water partition coefficient (Wildman–Crippen LogP) is 3.52. The molecule has 1 heterocycles. The maximum Gasteiger partial charge on any atom is 0.306 e. The van der Waals surface area contributed by atoms with Crippen molar-refractivity contribution in [2.75, 3.05) is 20.3 Å². The molecule has 0 aromatic carbocycles. The Morgan fingerprint density at radius 1 is 1.00 bits per heavy atom. The van der Waals surface area contributed by atoms with Crippen LogP contribution < -0.4 is 5.48 Å². The Labute approximate surface area is 187 Å². The molecule has 0 saturated carbocycles. The Morgan fingerprint density at radius 3 is 2.13 bits per heavy atom. The summed E-state index contributed by atoms with van der Waals surface area (Å²) < 4.78 is 16.1. The summed E-state index contributed by atoms with van der Waals surface area (Å²) in [5.74, 6) is -1.53. The summed E-state index contributed by atoms with van der Waals surface area (Å²) in [6.07, 6.45) is 10.8. The monoisotopic (exact) mass is 445 g/mol. The summed E-state index contributed by atoms with van der Waals surface area (Å²) >= 11 is 0. The fourth-order valence-electron chi connectivity index (χ4n) is 4.01. The van der Waals surface area contributed by atoms with Crippen LogP contribution >= 0.6 is 0 Å². The Bertz CT molecular complexity index is 489. The zero-order valence-electron chi connectivity index (χ0n) is 19.4. The van der Waals surface area contributed by atoms with Crippen molar-refractivity contribution in [3.05, 3.63) is 0 Å². The number of nitrogens with one attached hydrogen (secondary N) is 1. The average molecular weight is 446 g/mol. The van der Waals surface area contributed by atoms with E-state index in [1.807, 2.05) is 0 Å². The number of hydroxylamine groups is 1. The molecule has 0 aliphatic carbocycles. The van der Waals surface area contributed by atoms with E-state index in [2.05, 4.69) is 6.92 Å². The topological polar surface area (TPSA) is 114 Å². The Morgan fingerprint density at radius 2 is 1.58 bits per heavy atom. The highest BCUT2D eigenvalue weighted by atomic mass is 16.6. The normalized spacial score (nSPS) is 23.5. The van der Waals surface area contributed by atoms with E-state index in [0.717, 1.165) is 19.3 Å². The molecule has 0 aromatic rings. The lowest BCUT2D eigenvalue weighted by Gasteiger charge is -2.39. The number of aliphatic hydroxyl groups excluding tert-OH is 1. The van der Waals surface area contributed by atoms with Crippen molar-refractivity contribution in [1.29, 1.82) is 0 Å². The van der Waals surface area contributed by atoms with Gasteiger partial charge in [-0.1, -0.05) is 71.1 Å². The number of esters is 1. The van der Waals surface area contributed by atoms with E-state index in [0.29, 0.717) is 0 Å². The van der Waals surface area contributed by atoms with Crippen LogP contribution in [-0.4, -0.2) is 60.8 Å². The number of unbranched alkanes of at least 4 members (excludes halogenated alkanes) is 10. The van der Waals surface area contributed by atoms with Gasteiger partial charge in [-0.25, -0.2) is 5.48 Å². The lowest BCUT2D eigenvalue weighted by molar-refractivity contribution is -0.202. The van der Waals surface area contributed by atoms with Crippen molar-refractivity contribution in [3.63, 3.8) is 0 Å². The highest BCUT2D eigenvalue weighted by Crippen LogP contribution is 2.27. The number of hydrogen-bond acceptors (Lipinski definition) is 7. The molecule has 0 spiro atoms. The third-order valence-corrected chi connectivity index (χ3v) is 5.86. The maximum atomic E-state index is 12.3. The van der Waals surface area contributed by atoms with Gasteiger partial charge >= 0.3 is 5.97 Å². The van der Waals surface area contributed by atoms with Gasteiger partial charge in [0, 0.05) is 25.9 Å². The minimum Gasteiger partial charge on any atom is -0.459 e. The van der Waals surface area contributed by atoms with Crippen molar-refractivity contribution in [2.45, 2.75) is 109 Å². The second-order valence-electron chi connectivity index (χ2n) is 8.56. The molecule has 8 nitrogen and oxygen atoms in total. The van der Waals surface area contributed by atoms with Crippen LogP contribution in [0.25, 0.3) is 0 Å². The van der Waals surface area contributed by atoms with E-state index in [4.69, 9.17) is 19.4 Å². The van der Waals surface area contributed by atoms with Gasteiger partial charge in [0.2, 0.25) is 5.91 Å². The molecule has 1 aliphatic heterocycles. The minimum atomic E-state index is -1.09. The molecule has 0 unspecified atom stereocenters. The maximum absolute atomic E-state index is 12.3. The van der Waals surface area contributed by atoms with Gasteiger partial charge in [0.25, 0.3) is 0 Å². The van der Waals surface area contributed by atoms with Gasteiger partial charge in [-0.3, -0.25) is 14.8 Å². The highest BCUT2D eigenvalue weighted by molar-refractivity contribution is 5.75. The van der Waals surface area contributed by atoms with Gasteiger partial charge in [-0.2, -0.15) is 0 Å². The number of hydrogen-bond donors (Lipinski definition) is 3. The molecule has 1 amide bonds. The fourth-order valence-corrected chi connectivity index (χ4v) is 4.01. The molecule has 1 rings (SSSR count). The molecular formula is C23H43NO7. The van der Waals surface area contributed by atoms with Crippen molar-refractivity contribution >= 4 is 11.9 Å². The number of methoxy groups -OCH3 is 1. The molecule has 8 heteroatoms. The summed E-state index contributed by atoms with van der Waals surface area (Å²) in [4.78, 5) is 23.9. The van der Waals surface area contributed by atoms with Crippen molar-refractivity contribution in [3.8, 4) is 0 Å². The molecular weight excluding hydrogens is 402 g/mol. The van der Waals surface area contributed by atoms with Crippen molar-refractivity contribution in [2.24, 2.45) is 5.92 Å². The SMILES string of the molecule is CCCCCCCCCCCCCC(=O)O[C@@H]1[C@@H](CC(=O)NO)CO[C@H](COC)[C@H]1O. The fraction of sp³-hybridized carbons (Fsp3) is 0.913. The van der Waals surface area contributed by atoms with Gasteiger partial charge in [0.1, 0.15) is 18.3 Å². The van der Waals surface area contributed by atoms with Crippen LogP contribution in [0, 0.1) is 5.92 Å². The lowest BCUT2D eigenvalue weighted by Crippen LogP contribution is -2.54. The summed E-state index contributed by atoms with van der Waals surface area (Å²) in [6, 6.07) is 0. The molecule has 1 saturated heterocycles. The second kappa shape index (κ2) is 17.3. The standard InChI is InChI=1S/C23H43NO7/c1-3-4-5-6-7-8-9-10-11-12-13-14-21(26)31-23-18(15-20(25)24-28)16-30-19(17-29-2)22(23)27/h18-19,22-23,27-28H,3-17H2,1-2H3,(H,24,25)/t18-,19+,22+,23+/m0/s1. The molecule has 3 N–H and O–H groups in total. The predicted molar refractivity (Wildman–Crippen MR) is 117 cm³/mol. The molecule has 0 radical (unpaired) electrons. The van der Waals surface area contributed by atoms with Crippen LogP contribution in [0.4, 0.5) is 0 Å². The summed E-state index contributed by atoms with van der Waals surface area (Å²) in [5, 5.41) is 19.3. The van der Waals surface area contributed by atoms with E-state index in [1.54, 1.807) is 5.48 Å². The first-order chi connectivity index (χ1) is 15.0. The van der Waals surface area contributed by atoms with E-state index in [1.165, 1.54) is 58.5 Å². The number of aliphatic hydroxyl groups is 1. The van der Waals surface area contributed by atoms with Crippen LogP contribution in [0.2, 0.25) is 0 Å². The third kappa shape index (κ3) is 11.8. The largest absolute Gasteiger partial charge is 0.459 e. The zero-order valence-corrected chi connectivity index (χ0v) is 19.4. The van der Waals surface area contributed by atoms with Crippen LogP contribution in [0.15, 0.2) is 0 Å². The molecule has 1 fully saturated rings. The number of rotatable bonds is 17. The molecule has 0 bridgehead atoms. The molecule has 182 valence electrons. The molecule has 0 aromatic heterocycles. The van der Waals surface area contributed by atoms with Gasteiger partial charge in [0.15, 0.2) is 0 Å². The summed E-state index contributed by atoms with van der Waals surface area (Å²) in [5.41, 5.74) is 1.57. The first-order valence-corrected chi connectivity index (χ1v) is 11.9. The first kappa shape index (κ1) is 27.8. The highest BCUT2D eigenvalue weighted by Gasteiger charge is 2.42. The van der Waals surface area contributed by atoms with E-state index in [-0.39, 0.29) is 32.0 Å². The van der Waals surface area contributed by atoms with Crippen LogP contribution in [0.1, 0.15) is 90.4 Å². The average Bonchev–Trinajstić information content (AvgIpc) is 2.76. The Hall–Kier alpha value is -1.22. The van der Waals surface area contributed by atoms with Crippen LogP contribution in [0.3, 0.4) is 0 Å². The lowest BCUT2D eigenvalue weighted by atomic mass is 9.89. The van der Waals surface area contributed by atoms with E-state index < -0.39 is 30.1 Å². The second-order valence-corrected chi connectivity index (χ2v) is 8.56. The van der Waals surface area contributed by atoms with E-state index in [9.17, 15) is 14.7 Å². The molecule has 4 atom stereocenters. The van der Waals surface area contributed by atoms with Gasteiger partial charge in [-0.15, -0.1) is 0 Å². The van der Waals surface area contributed by atoms with Crippen molar-refractivity contribution in [1.82, 2.24) is 5.48 Å². The number of carbonyl (C=O) groups excluding carboxylic acids is 2. The number of amides is 1. The number of carbonyl (C=O) groups is 2. The number of ether oxygens (including phenoxy) is 3. The third-order valence-electron chi connectivity index (χ3n) is 5.86. The van der Waals surface area contributed by atoms with E-state index >= 15 is 0 Å². The zero-order chi connectivity index (χ0) is 22.9.